The van der Waals surface area contributed by atoms with Gasteiger partial charge in [-0.3, -0.25) is 0 Å². The Hall–Kier alpha value is -1.34. The van der Waals surface area contributed by atoms with Crippen molar-refractivity contribution in [3.63, 3.8) is 0 Å². The van der Waals surface area contributed by atoms with E-state index in [-0.39, 0.29) is 5.82 Å². The molecule has 0 amide bonds. The highest BCUT2D eigenvalue weighted by Crippen LogP contribution is 2.27. The Morgan fingerprint density at radius 3 is 2.72 bits per heavy atom. The monoisotopic (exact) mass is 272 g/mol. The molecule has 6 nitrogen and oxygen atoms in total. The standard InChI is InChI=1S/C11H20N4O2S/c1-4-15(5-2)7-6-13-10-8(11(16)17-3)9(12)14-18-10/h13H,4-7H2,1-3H3,(H2,12,14). The lowest BCUT2D eigenvalue weighted by Crippen LogP contribution is -2.28. The number of carbonyl (C=O) groups excluding carboxylic acids is 1. The summed E-state index contributed by atoms with van der Waals surface area (Å²) in [6, 6.07) is 0. The fourth-order valence-corrected chi connectivity index (χ4v) is 2.32. The predicted octanol–water partition coefficient (Wildman–Crippen LogP) is 1.27. The maximum atomic E-state index is 11.5. The summed E-state index contributed by atoms with van der Waals surface area (Å²) in [5.41, 5.74) is 5.99. The lowest BCUT2D eigenvalue weighted by atomic mass is 10.3. The number of rotatable bonds is 7. The molecule has 1 aromatic rings. The van der Waals surface area contributed by atoms with Crippen LogP contribution < -0.4 is 11.1 Å². The highest BCUT2D eigenvalue weighted by atomic mass is 32.1. The predicted molar refractivity (Wildman–Crippen MR) is 74.1 cm³/mol. The number of ether oxygens (including phenoxy) is 1. The quantitative estimate of drug-likeness (QED) is 0.728. The first-order valence-corrected chi connectivity index (χ1v) is 6.71. The number of aromatic nitrogens is 1. The smallest absolute Gasteiger partial charge is 0.344 e. The van der Waals surface area contributed by atoms with Crippen LogP contribution in [0.25, 0.3) is 0 Å². The van der Waals surface area contributed by atoms with Gasteiger partial charge in [0.15, 0.2) is 5.82 Å². The summed E-state index contributed by atoms with van der Waals surface area (Å²) in [7, 11) is 1.33. The number of anilines is 2. The van der Waals surface area contributed by atoms with Crippen LogP contribution in [0.5, 0.6) is 0 Å². The van der Waals surface area contributed by atoms with E-state index in [0.29, 0.717) is 10.6 Å². The number of nitrogens with two attached hydrogens (primary N) is 1. The second-order valence-corrected chi connectivity index (χ2v) is 4.49. The molecule has 1 heterocycles. The van der Waals surface area contributed by atoms with Crippen molar-refractivity contribution in [3.8, 4) is 0 Å². The summed E-state index contributed by atoms with van der Waals surface area (Å²) in [6.07, 6.45) is 0. The minimum Gasteiger partial charge on any atom is -0.465 e. The molecule has 0 saturated heterocycles. The molecular weight excluding hydrogens is 252 g/mol. The molecule has 3 N–H and O–H groups in total. The molecule has 0 radical (unpaired) electrons. The number of nitrogens with one attached hydrogen (secondary N) is 1. The molecule has 0 aliphatic heterocycles. The molecule has 0 fully saturated rings. The second-order valence-electron chi connectivity index (χ2n) is 3.72. The number of likely N-dealkylation sites (N-methyl/N-ethyl adjacent to an activating group) is 1. The molecule has 7 heteroatoms. The van der Waals surface area contributed by atoms with Crippen LogP contribution in [-0.4, -0.2) is 48.5 Å². The molecule has 0 unspecified atom stereocenters. The van der Waals surface area contributed by atoms with Gasteiger partial charge in [-0.1, -0.05) is 13.8 Å². The lowest BCUT2D eigenvalue weighted by molar-refractivity contribution is 0.0603. The van der Waals surface area contributed by atoms with Gasteiger partial charge in [0.25, 0.3) is 0 Å². The SMILES string of the molecule is CCN(CC)CCNc1snc(N)c1C(=O)OC. The maximum absolute atomic E-state index is 11.5. The molecule has 18 heavy (non-hydrogen) atoms. The largest absolute Gasteiger partial charge is 0.465 e. The van der Waals surface area contributed by atoms with E-state index in [9.17, 15) is 4.79 Å². The van der Waals surface area contributed by atoms with E-state index >= 15 is 0 Å². The maximum Gasteiger partial charge on any atom is 0.344 e. The van der Waals surface area contributed by atoms with Crippen molar-refractivity contribution in [2.24, 2.45) is 0 Å². The first-order valence-electron chi connectivity index (χ1n) is 5.93. The number of nitrogen functional groups attached to an aromatic ring is 1. The summed E-state index contributed by atoms with van der Waals surface area (Å²) in [5, 5.41) is 3.85. The average Bonchev–Trinajstić information content (AvgIpc) is 2.75. The van der Waals surface area contributed by atoms with Crippen molar-refractivity contribution in [2.75, 3.05) is 44.3 Å². The highest BCUT2D eigenvalue weighted by Gasteiger charge is 2.19. The molecule has 0 saturated carbocycles. The van der Waals surface area contributed by atoms with E-state index in [1.54, 1.807) is 0 Å². The van der Waals surface area contributed by atoms with Gasteiger partial charge in [0.2, 0.25) is 0 Å². The van der Waals surface area contributed by atoms with Crippen LogP contribution in [0.4, 0.5) is 10.8 Å². The van der Waals surface area contributed by atoms with Crippen molar-refractivity contribution in [1.29, 1.82) is 0 Å². The van der Waals surface area contributed by atoms with Crippen LogP contribution in [0.2, 0.25) is 0 Å². The van der Waals surface area contributed by atoms with Crippen molar-refractivity contribution >= 4 is 28.3 Å². The Morgan fingerprint density at radius 1 is 1.50 bits per heavy atom. The van der Waals surface area contributed by atoms with Crippen LogP contribution >= 0.6 is 11.5 Å². The zero-order chi connectivity index (χ0) is 13.5. The first-order chi connectivity index (χ1) is 8.63. The zero-order valence-corrected chi connectivity index (χ0v) is 11.8. The Labute approximate surface area is 111 Å². The summed E-state index contributed by atoms with van der Waals surface area (Å²) in [5.74, 6) is -0.233. The second kappa shape index (κ2) is 7.17. The molecule has 0 aliphatic rings. The van der Waals surface area contributed by atoms with Crippen LogP contribution in [0.3, 0.4) is 0 Å². The number of hydrogen-bond donors (Lipinski definition) is 2. The van der Waals surface area contributed by atoms with Gasteiger partial charge >= 0.3 is 5.97 Å². The van der Waals surface area contributed by atoms with Crippen LogP contribution in [0.15, 0.2) is 0 Å². The van der Waals surface area contributed by atoms with Gasteiger partial charge in [0, 0.05) is 13.1 Å². The van der Waals surface area contributed by atoms with Gasteiger partial charge in [-0.15, -0.1) is 0 Å². The average molecular weight is 272 g/mol. The van der Waals surface area contributed by atoms with Crippen molar-refractivity contribution in [2.45, 2.75) is 13.8 Å². The molecule has 102 valence electrons. The van der Waals surface area contributed by atoms with E-state index in [4.69, 9.17) is 5.73 Å². The fourth-order valence-electron chi connectivity index (χ4n) is 1.59. The fraction of sp³-hybridized carbons (Fsp3) is 0.636. The first kappa shape index (κ1) is 14.7. The number of nitrogens with zero attached hydrogens (tertiary/aromatic N) is 2. The molecule has 0 spiro atoms. The third-order valence-electron chi connectivity index (χ3n) is 2.72. The Morgan fingerprint density at radius 2 is 2.17 bits per heavy atom. The molecule has 0 aromatic carbocycles. The summed E-state index contributed by atoms with van der Waals surface area (Å²) in [6.45, 7) is 7.90. The summed E-state index contributed by atoms with van der Waals surface area (Å²) in [4.78, 5) is 13.8. The minimum atomic E-state index is -0.452. The van der Waals surface area contributed by atoms with Crippen LogP contribution in [0, 0.1) is 0 Å². The summed E-state index contributed by atoms with van der Waals surface area (Å²) >= 11 is 1.18. The summed E-state index contributed by atoms with van der Waals surface area (Å²) < 4.78 is 8.65. The molecule has 0 aliphatic carbocycles. The lowest BCUT2D eigenvalue weighted by Gasteiger charge is -2.18. The van der Waals surface area contributed by atoms with E-state index in [0.717, 1.165) is 26.2 Å². The van der Waals surface area contributed by atoms with E-state index < -0.39 is 5.97 Å². The molecule has 1 rings (SSSR count). The molecule has 1 aromatic heterocycles. The Bertz CT molecular complexity index is 390. The van der Waals surface area contributed by atoms with Gasteiger partial charge in [-0.05, 0) is 24.6 Å². The van der Waals surface area contributed by atoms with Gasteiger partial charge in [-0.2, -0.15) is 4.37 Å². The van der Waals surface area contributed by atoms with Crippen LogP contribution in [-0.2, 0) is 4.74 Å². The van der Waals surface area contributed by atoms with E-state index in [2.05, 4.69) is 33.2 Å². The number of esters is 1. The van der Waals surface area contributed by atoms with Crippen molar-refractivity contribution < 1.29 is 9.53 Å². The van der Waals surface area contributed by atoms with Crippen LogP contribution in [0.1, 0.15) is 24.2 Å². The molecular formula is C11H20N4O2S. The zero-order valence-electron chi connectivity index (χ0n) is 11.0. The number of carbonyl (C=O) groups is 1. The van der Waals surface area contributed by atoms with Gasteiger partial charge in [0.1, 0.15) is 10.6 Å². The van der Waals surface area contributed by atoms with Gasteiger partial charge < -0.3 is 20.7 Å². The third kappa shape index (κ3) is 3.58. The van der Waals surface area contributed by atoms with Gasteiger partial charge in [0.05, 0.1) is 7.11 Å². The molecule has 0 bridgehead atoms. The Kier molecular flexibility index (Phi) is 5.87. The van der Waals surface area contributed by atoms with E-state index in [1.165, 1.54) is 18.6 Å². The normalized spacial score (nSPS) is 10.7. The topological polar surface area (TPSA) is 80.5 Å². The van der Waals surface area contributed by atoms with Crippen molar-refractivity contribution in [3.05, 3.63) is 5.56 Å². The Balaban J connectivity index is 2.60. The minimum absolute atomic E-state index is 0.220. The van der Waals surface area contributed by atoms with E-state index in [1.807, 2.05) is 0 Å². The third-order valence-corrected chi connectivity index (χ3v) is 3.54. The highest BCUT2D eigenvalue weighted by molar-refractivity contribution is 7.11. The number of methoxy groups -OCH3 is 1. The van der Waals surface area contributed by atoms with Gasteiger partial charge in [-0.25, -0.2) is 4.79 Å². The molecule has 0 atom stereocenters. The number of hydrogen-bond acceptors (Lipinski definition) is 7. The van der Waals surface area contributed by atoms with Crippen molar-refractivity contribution in [1.82, 2.24) is 9.27 Å².